The van der Waals surface area contributed by atoms with Gasteiger partial charge >= 0.3 is 0 Å². The van der Waals surface area contributed by atoms with Crippen molar-refractivity contribution in [3.05, 3.63) is 35.4 Å². The lowest BCUT2D eigenvalue weighted by Crippen LogP contribution is -2.44. The molecular formula is C14H21NO2. The Morgan fingerprint density at radius 2 is 2.24 bits per heavy atom. The van der Waals surface area contributed by atoms with Crippen LogP contribution in [0.25, 0.3) is 0 Å². The first-order valence-corrected chi connectivity index (χ1v) is 6.30. The zero-order valence-corrected chi connectivity index (χ0v) is 10.6. The Morgan fingerprint density at radius 3 is 2.94 bits per heavy atom. The third-order valence-corrected chi connectivity index (χ3v) is 3.48. The van der Waals surface area contributed by atoms with Crippen molar-refractivity contribution in [1.29, 1.82) is 0 Å². The molecule has 2 rings (SSSR count). The number of ether oxygens (including phenoxy) is 1. The molecule has 1 aromatic rings. The van der Waals surface area contributed by atoms with Crippen LogP contribution < -0.4 is 0 Å². The quantitative estimate of drug-likeness (QED) is 0.866. The van der Waals surface area contributed by atoms with E-state index in [1.165, 1.54) is 0 Å². The van der Waals surface area contributed by atoms with Crippen molar-refractivity contribution in [2.75, 3.05) is 26.2 Å². The lowest BCUT2D eigenvalue weighted by atomic mass is 9.98. The standard InChI is InChI=1S/C14H21NO2/c1-3-15-8-9-17-13(10-15)14(16)12-7-5-4-6-11(12)2/h4-7,13-14,16H,3,8-10H2,1-2H3. The Balaban J connectivity index is 2.09. The molecule has 1 N–H and O–H groups in total. The molecule has 3 nitrogen and oxygen atoms in total. The number of hydrogen-bond donors (Lipinski definition) is 1. The summed E-state index contributed by atoms with van der Waals surface area (Å²) in [4.78, 5) is 2.32. The third kappa shape index (κ3) is 2.86. The minimum absolute atomic E-state index is 0.107. The average molecular weight is 235 g/mol. The number of aliphatic hydroxyl groups is 1. The molecule has 0 radical (unpaired) electrons. The first-order chi connectivity index (χ1) is 8.22. The summed E-state index contributed by atoms with van der Waals surface area (Å²) in [5.41, 5.74) is 2.10. The van der Waals surface area contributed by atoms with Crippen LogP contribution >= 0.6 is 0 Å². The molecule has 94 valence electrons. The Bertz CT molecular complexity index is 367. The zero-order valence-electron chi connectivity index (χ0n) is 10.6. The summed E-state index contributed by atoms with van der Waals surface area (Å²) in [7, 11) is 0. The molecule has 1 aliphatic heterocycles. The zero-order chi connectivity index (χ0) is 12.3. The predicted molar refractivity (Wildman–Crippen MR) is 68.0 cm³/mol. The summed E-state index contributed by atoms with van der Waals surface area (Å²) >= 11 is 0. The molecule has 0 saturated carbocycles. The highest BCUT2D eigenvalue weighted by Gasteiger charge is 2.27. The number of hydrogen-bond acceptors (Lipinski definition) is 3. The second kappa shape index (κ2) is 5.63. The van der Waals surface area contributed by atoms with Gasteiger partial charge in [0.25, 0.3) is 0 Å². The fraction of sp³-hybridized carbons (Fsp3) is 0.571. The molecule has 1 heterocycles. The number of benzene rings is 1. The molecule has 0 amide bonds. The summed E-state index contributed by atoms with van der Waals surface area (Å²) < 4.78 is 5.69. The van der Waals surface area contributed by atoms with Crippen molar-refractivity contribution in [3.8, 4) is 0 Å². The number of aliphatic hydroxyl groups excluding tert-OH is 1. The first-order valence-electron chi connectivity index (χ1n) is 6.30. The lowest BCUT2D eigenvalue weighted by molar-refractivity contribution is -0.0890. The maximum atomic E-state index is 10.4. The highest BCUT2D eigenvalue weighted by molar-refractivity contribution is 5.28. The number of nitrogens with zero attached hydrogens (tertiary/aromatic N) is 1. The largest absolute Gasteiger partial charge is 0.386 e. The second-order valence-electron chi connectivity index (χ2n) is 4.60. The van der Waals surface area contributed by atoms with E-state index in [0.717, 1.165) is 30.8 Å². The minimum Gasteiger partial charge on any atom is -0.386 e. The van der Waals surface area contributed by atoms with Gasteiger partial charge in [0.1, 0.15) is 12.2 Å². The molecule has 3 heteroatoms. The highest BCUT2D eigenvalue weighted by Crippen LogP contribution is 2.24. The van der Waals surface area contributed by atoms with Crippen molar-refractivity contribution in [3.63, 3.8) is 0 Å². The SMILES string of the molecule is CCN1CCOC(C(O)c2ccccc2C)C1. The summed E-state index contributed by atoms with van der Waals surface area (Å²) in [6.45, 7) is 7.67. The van der Waals surface area contributed by atoms with Gasteiger partial charge < -0.3 is 9.84 Å². The van der Waals surface area contributed by atoms with E-state index in [-0.39, 0.29) is 6.10 Å². The number of likely N-dealkylation sites (N-methyl/N-ethyl adjacent to an activating group) is 1. The van der Waals surface area contributed by atoms with Crippen LogP contribution in [0.3, 0.4) is 0 Å². The average Bonchev–Trinajstić information content (AvgIpc) is 2.38. The minimum atomic E-state index is -0.523. The van der Waals surface area contributed by atoms with Crippen LogP contribution in [0.1, 0.15) is 24.2 Å². The van der Waals surface area contributed by atoms with Crippen LogP contribution in [0.4, 0.5) is 0 Å². The summed E-state index contributed by atoms with van der Waals surface area (Å²) in [6.07, 6.45) is -0.629. The molecule has 1 aliphatic rings. The van der Waals surface area contributed by atoms with Gasteiger partial charge in [-0.05, 0) is 24.6 Å². The van der Waals surface area contributed by atoms with Crippen LogP contribution in [0.5, 0.6) is 0 Å². The Labute approximate surface area is 103 Å². The van der Waals surface area contributed by atoms with Gasteiger partial charge in [0, 0.05) is 13.1 Å². The van der Waals surface area contributed by atoms with Gasteiger partial charge in [0.2, 0.25) is 0 Å². The van der Waals surface area contributed by atoms with Crippen LogP contribution in [0, 0.1) is 6.92 Å². The monoisotopic (exact) mass is 235 g/mol. The molecule has 0 bridgehead atoms. The maximum Gasteiger partial charge on any atom is 0.107 e. The van der Waals surface area contributed by atoms with E-state index in [0.29, 0.717) is 6.61 Å². The maximum absolute atomic E-state index is 10.4. The van der Waals surface area contributed by atoms with E-state index in [1.807, 2.05) is 31.2 Å². The van der Waals surface area contributed by atoms with E-state index >= 15 is 0 Å². The Hall–Kier alpha value is -0.900. The van der Waals surface area contributed by atoms with E-state index in [2.05, 4.69) is 11.8 Å². The molecule has 0 aliphatic carbocycles. The van der Waals surface area contributed by atoms with Gasteiger partial charge in [0.15, 0.2) is 0 Å². The van der Waals surface area contributed by atoms with Gasteiger partial charge in [-0.15, -0.1) is 0 Å². The number of aryl methyl sites for hydroxylation is 1. The van der Waals surface area contributed by atoms with Crippen LogP contribution in [-0.4, -0.2) is 42.4 Å². The second-order valence-corrected chi connectivity index (χ2v) is 4.60. The van der Waals surface area contributed by atoms with Crippen molar-refractivity contribution in [2.45, 2.75) is 26.1 Å². The lowest BCUT2D eigenvalue weighted by Gasteiger charge is -2.35. The van der Waals surface area contributed by atoms with Gasteiger partial charge in [0.05, 0.1) is 6.61 Å². The van der Waals surface area contributed by atoms with E-state index in [9.17, 15) is 5.11 Å². The Kier molecular flexibility index (Phi) is 4.15. The Morgan fingerprint density at radius 1 is 1.47 bits per heavy atom. The van der Waals surface area contributed by atoms with Crippen molar-refractivity contribution in [1.82, 2.24) is 4.90 Å². The molecular weight excluding hydrogens is 214 g/mol. The molecule has 0 aromatic heterocycles. The summed E-state index contributed by atoms with van der Waals surface area (Å²) in [5.74, 6) is 0. The van der Waals surface area contributed by atoms with Crippen LogP contribution in [0.2, 0.25) is 0 Å². The van der Waals surface area contributed by atoms with Gasteiger partial charge in [-0.2, -0.15) is 0 Å². The predicted octanol–water partition coefficient (Wildman–Crippen LogP) is 1.75. The fourth-order valence-corrected chi connectivity index (χ4v) is 2.33. The molecule has 2 unspecified atom stereocenters. The number of morpholine rings is 1. The smallest absolute Gasteiger partial charge is 0.107 e. The van der Waals surface area contributed by atoms with E-state index in [1.54, 1.807) is 0 Å². The van der Waals surface area contributed by atoms with Gasteiger partial charge in [-0.3, -0.25) is 4.90 Å². The molecule has 2 atom stereocenters. The van der Waals surface area contributed by atoms with Crippen molar-refractivity contribution < 1.29 is 9.84 Å². The molecule has 0 spiro atoms. The summed E-state index contributed by atoms with van der Waals surface area (Å²) in [5, 5.41) is 10.4. The normalized spacial score (nSPS) is 23.6. The highest BCUT2D eigenvalue weighted by atomic mass is 16.5. The van der Waals surface area contributed by atoms with Crippen LogP contribution in [-0.2, 0) is 4.74 Å². The topological polar surface area (TPSA) is 32.7 Å². The van der Waals surface area contributed by atoms with Crippen molar-refractivity contribution in [2.24, 2.45) is 0 Å². The fourth-order valence-electron chi connectivity index (χ4n) is 2.33. The first kappa shape index (κ1) is 12.6. The molecule has 1 aromatic carbocycles. The van der Waals surface area contributed by atoms with Crippen molar-refractivity contribution >= 4 is 0 Å². The van der Waals surface area contributed by atoms with Crippen LogP contribution in [0.15, 0.2) is 24.3 Å². The third-order valence-electron chi connectivity index (χ3n) is 3.48. The van der Waals surface area contributed by atoms with Gasteiger partial charge in [-0.25, -0.2) is 0 Å². The molecule has 1 saturated heterocycles. The molecule has 1 fully saturated rings. The van der Waals surface area contributed by atoms with E-state index in [4.69, 9.17) is 4.74 Å². The molecule has 17 heavy (non-hydrogen) atoms. The number of rotatable bonds is 3. The summed E-state index contributed by atoms with van der Waals surface area (Å²) in [6, 6.07) is 7.96. The van der Waals surface area contributed by atoms with Gasteiger partial charge in [-0.1, -0.05) is 31.2 Å². The van der Waals surface area contributed by atoms with E-state index < -0.39 is 6.10 Å².